The number of aromatic nitrogens is 2. The summed E-state index contributed by atoms with van der Waals surface area (Å²) in [5.74, 6) is 2.52. The van der Waals surface area contributed by atoms with Crippen LogP contribution >= 0.6 is 24.0 Å². The van der Waals surface area contributed by atoms with Crippen LogP contribution in [0, 0.1) is 5.92 Å². The Morgan fingerprint density at radius 1 is 1.24 bits per heavy atom. The van der Waals surface area contributed by atoms with Gasteiger partial charge in [-0.3, -0.25) is 0 Å². The van der Waals surface area contributed by atoms with Crippen molar-refractivity contribution in [3.05, 3.63) is 18.2 Å². The fourth-order valence-corrected chi connectivity index (χ4v) is 3.06. The van der Waals surface area contributed by atoms with E-state index in [1.54, 1.807) is 0 Å². The lowest BCUT2D eigenvalue weighted by molar-refractivity contribution is 0.232. The minimum Gasteiger partial charge on any atom is -0.357 e. The maximum atomic E-state index is 4.70. The Morgan fingerprint density at radius 3 is 2.68 bits per heavy atom. The van der Waals surface area contributed by atoms with Crippen LogP contribution in [0.25, 0.3) is 0 Å². The molecule has 0 atom stereocenters. The summed E-state index contributed by atoms with van der Waals surface area (Å²) in [7, 11) is 0. The molecule has 0 amide bonds. The molecule has 2 heterocycles. The third-order valence-corrected chi connectivity index (χ3v) is 4.26. The van der Waals surface area contributed by atoms with Crippen molar-refractivity contribution in [2.24, 2.45) is 10.9 Å². The van der Waals surface area contributed by atoms with Crippen LogP contribution in [0.5, 0.6) is 0 Å². The summed E-state index contributed by atoms with van der Waals surface area (Å²) in [6.07, 6.45) is 7.97. The molecule has 0 saturated carbocycles. The number of hydrogen-bond acceptors (Lipinski definition) is 3. The van der Waals surface area contributed by atoms with Crippen LogP contribution in [0.15, 0.2) is 17.4 Å². The zero-order valence-electron chi connectivity index (χ0n) is 16.0. The van der Waals surface area contributed by atoms with E-state index in [0.29, 0.717) is 12.5 Å². The molecule has 1 aliphatic rings. The molecule has 0 aliphatic carbocycles. The van der Waals surface area contributed by atoms with Crippen LogP contribution in [0.2, 0.25) is 0 Å². The van der Waals surface area contributed by atoms with Crippen LogP contribution in [0.3, 0.4) is 0 Å². The number of rotatable bonds is 8. The van der Waals surface area contributed by atoms with Crippen molar-refractivity contribution in [3.8, 4) is 0 Å². The number of nitrogens with one attached hydrogen (secondary N) is 2. The van der Waals surface area contributed by atoms with Gasteiger partial charge in [-0.2, -0.15) is 0 Å². The zero-order valence-corrected chi connectivity index (χ0v) is 18.3. The predicted molar refractivity (Wildman–Crippen MR) is 116 cm³/mol. The molecule has 1 aromatic heterocycles. The molecule has 0 unspecified atom stereocenters. The van der Waals surface area contributed by atoms with Gasteiger partial charge in [0.05, 0.1) is 0 Å². The Balaban J connectivity index is 0.00000312. The molecule has 6 nitrogen and oxygen atoms in total. The third kappa shape index (κ3) is 8.40. The summed E-state index contributed by atoms with van der Waals surface area (Å²) in [6.45, 7) is 13.5. The molecule has 0 aromatic carbocycles. The first-order valence-electron chi connectivity index (χ1n) is 9.43. The van der Waals surface area contributed by atoms with E-state index in [2.05, 4.69) is 45.9 Å². The number of guanidine groups is 1. The van der Waals surface area contributed by atoms with Gasteiger partial charge in [0, 0.05) is 38.6 Å². The molecule has 0 spiro atoms. The molecule has 25 heavy (non-hydrogen) atoms. The fraction of sp³-hybridized carbons (Fsp3) is 0.778. The van der Waals surface area contributed by atoms with Gasteiger partial charge in [0.15, 0.2) is 5.96 Å². The highest BCUT2D eigenvalue weighted by atomic mass is 127. The molecule has 1 saturated heterocycles. The van der Waals surface area contributed by atoms with Crippen molar-refractivity contribution in [2.75, 3.05) is 32.7 Å². The summed E-state index contributed by atoms with van der Waals surface area (Å²) in [6, 6.07) is 0. The Morgan fingerprint density at radius 2 is 2.00 bits per heavy atom. The zero-order chi connectivity index (χ0) is 17.2. The lowest BCUT2D eigenvalue weighted by atomic mass is 10.1. The molecular weight excluding hydrogens is 427 g/mol. The van der Waals surface area contributed by atoms with E-state index in [1.807, 2.05) is 12.4 Å². The minimum atomic E-state index is 0. The first-order chi connectivity index (χ1) is 11.7. The van der Waals surface area contributed by atoms with Gasteiger partial charge in [-0.15, -0.1) is 24.0 Å². The first kappa shape index (κ1) is 22.2. The maximum absolute atomic E-state index is 4.70. The second kappa shape index (κ2) is 12.5. The van der Waals surface area contributed by atoms with Gasteiger partial charge in [0.25, 0.3) is 0 Å². The van der Waals surface area contributed by atoms with E-state index in [1.165, 1.54) is 32.4 Å². The Labute approximate surface area is 169 Å². The van der Waals surface area contributed by atoms with Gasteiger partial charge in [-0.05, 0) is 38.8 Å². The average Bonchev–Trinajstić information content (AvgIpc) is 3.00. The standard InChI is InChI=1S/C18H34N6.HI/c1-4-19-18(21-8-12-23-10-6-5-7-11-23)22-14-17-20-9-13-24(17)15-16(2)3;/h9,13,16H,4-8,10-12,14-15H2,1-3H3,(H2,19,21,22);1H. The van der Waals surface area contributed by atoms with Crippen molar-refractivity contribution < 1.29 is 0 Å². The number of halogens is 1. The Bertz CT molecular complexity index is 494. The lowest BCUT2D eigenvalue weighted by Gasteiger charge is -2.26. The highest BCUT2D eigenvalue weighted by molar-refractivity contribution is 14.0. The minimum absolute atomic E-state index is 0. The van der Waals surface area contributed by atoms with Gasteiger partial charge < -0.3 is 20.1 Å². The maximum Gasteiger partial charge on any atom is 0.191 e. The van der Waals surface area contributed by atoms with Crippen LogP contribution in [-0.2, 0) is 13.1 Å². The van der Waals surface area contributed by atoms with Crippen LogP contribution < -0.4 is 10.6 Å². The van der Waals surface area contributed by atoms with E-state index in [0.717, 1.165) is 38.0 Å². The topological polar surface area (TPSA) is 57.5 Å². The summed E-state index contributed by atoms with van der Waals surface area (Å²) in [5.41, 5.74) is 0. The molecule has 0 radical (unpaired) electrons. The number of piperidine rings is 1. The van der Waals surface area contributed by atoms with Gasteiger partial charge in [0.2, 0.25) is 0 Å². The number of hydrogen-bond donors (Lipinski definition) is 2. The number of likely N-dealkylation sites (tertiary alicyclic amines) is 1. The largest absolute Gasteiger partial charge is 0.357 e. The predicted octanol–water partition coefficient (Wildman–Crippen LogP) is 2.70. The second-order valence-corrected chi connectivity index (χ2v) is 6.91. The van der Waals surface area contributed by atoms with Crippen LogP contribution in [0.4, 0.5) is 0 Å². The average molecular weight is 462 g/mol. The monoisotopic (exact) mass is 462 g/mol. The van der Waals surface area contributed by atoms with Gasteiger partial charge in [0.1, 0.15) is 12.4 Å². The van der Waals surface area contributed by atoms with Gasteiger partial charge in [-0.1, -0.05) is 20.3 Å². The second-order valence-electron chi connectivity index (χ2n) is 6.91. The Hall–Kier alpha value is -0.830. The molecule has 1 fully saturated rings. The van der Waals surface area contributed by atoms with E-state index in [9.17, 15) is 0 Å². The molecule has 144 valence electrons. The normalized spacial score (nSPS) is 15.9. The number of nitrogens with zero attached hydrogens (tertiary/aromatic N) is 4. The molecule has 0 bridgehead atoms. The Kier molecular flexibility index (Phi) is 11.1. The highest BCUT2D eigenvalue weighted by Gasteiger charge is 2.09. The molecular formula is C18H35IN6. The SMILES string of the molecule is CCNC(=NCc1nccn1CC(C)C)NCCN1CCCCC1.I. The molecule has 1 aromatic rings. The lowest BCUT2D eigenvalue weighted by Crippen LogP contribution is -2.42. The first-order valence-corrected chi connectivity index (χ1v) is 9.43. The van der Waals surface area contributed by atoms with Crippen molar-refractivity contribution >= 4 is 29.9 Å². The summed E-state index contributed by atoms with van der Waals surface area (Å²) < 4.78 is 2.20. The van der Waals surface area contributed by atoms with Gasteiger partial charge in [-0.25, -0.2) is 9.98 Å². The smallest absolute Gasteiger partial charge is 0.191 e. The number of aliphatic imine (C=N–C) groups is 1. The van der Waals surface area contributed by atoms with E-state index >= 15 is 0 Å². The van der Waals surface area contributed by atoms with Crippen molar-refractivity contribution in [1.29, 1.82) is 0 Å². The fourth-order valence-electron chi connectivity index (χ4n) is 3.06. The summed E-state index contributed by atoms with van der Waals surface area (Å²) >= 11 is 0. The quantitative estimate of drug-likeness (QED) is 0.355. The highest BCUT2D eigenvalue weighted by Crippen LogP contribution is 2.07. The van der Waals surface area contributed by atoms with E-state index in [-0.39, 0.29) is 24.0 Å². The molecule has 2 rings (SSSR count). The molecule has 2 N–H and O–H groups in total. The van der Waals surface area contributed by atoms with Crippen LogP contribution in [0.1, 0.15) is 45.9 Å². The summed E-state index contributed by atoms with van der Waals surface area (Å²) in [4.78, 5) is 11.7. The number of imidazole rings is 1. The summed E-state index contributed by atoms with van der Waals surface area (Å²) in [5, 5.41) is 6.78. The third-order valence-electron chi connectivity index (χ3n) is 4.26. The van der Waals surface area contributed by atoms with Gasteiger partial charge >= 0.3 is 0 Å². The van der Waals surface area contributed by atoms with Crippen molar-refractivity contribution in [3.63, 3.8) is 0 Å². The molecule has 1 aliphatic heterocycles. The van der Waals surface area contributed by atoms with Crippen molar-refractivity contribution in [2.45, 2.75) is 53.1 Å². The van der Waals surface area contributed by atoms with E-state index in [4.69, 9.17) is 4.99 Å². The van der Waals surface area contributed by atoms with Crippen LogP contribution in [-0.4, -0.2) is 53.1 Å². The molecule has 7 heteroatoms. The van der Waals surface area contributed by atoms with Crippen molar-refractivity contribution in [1.82, 2.24) is 25.1 Å². The van der Waals surface area contributed by atoms with E-state index < -0.39 is 0 Å².